The molecule has 0 unspecified atom stereocenters. The first-order chi connectivity index (χ1) is 8.61. The van der Waals surface area contributed by atoms with Gasteiger partial charge in [-0.3, -0.25) is 14.5 Å². The molecule has 0 saturated heterocycles. The van der Waals surface area contributed by atoms with Gasteiger partial charge in [-0.1, -0.05) is 36.9 Å². The maximum atomic E-state index is 10.8. The number of H-pyrrole nitrogens is 1. The van der Waals surface area contributed by atoms with E-state index in [9.17, 15) is 4.79 Å². The Morgan fingerprint density at radius 3 is 2.72 bits per heavy atom. The van der Waals surface area contributed by atoms with Gasteiger partial charge in [-0.15, -0.1) is 0 Å². The van der Waals surface area contributed by atoms with E-state index < -0.39 is 5.97 Å². The van der Waals surface area contributed by atoms with Crippen molar-refractivity contribution in [3.8, 4) is 11.4 Å². The number of hydrogen-bond acceptors (Lipinski definition) is 3. The van der Waals surface area contributed by atoms with Crippen LogP contribution in [0.25, 0.3) is 17.5 Å². The Balaban J connectivity index is 2.46. The Morgan fingerprint density at radius 2 is 2.17 bits per heavy atom. The van der Waals surface area contributed by atoms with Gasteiger partial charge in [-0.05, 0) is 17.8 Å². The fraction of sp³-hybridized carbons (Fsp3) is 0.0833. The first-order valence-electron chi connectivity index (χ1n) is 5.21. The number of benzene rings is 1. The molecule has 1 heterocycles. The number of aromatic nitrogens is 3. The molecular formula is C12H11N3O2S. The molecule has 0 aliphatic carbocycles. The lowest BCUT2D eigenvalue weighted by molar-refractivity contribution is -0.137. The zero-order chi connectivity index (χ0) is 13.1. The van der Waals surface area contributed by atoms with Crippen LogP contribution in [0.3, 0.4) is 0 Å². The first kappa shape index (κ1) is 12.3. The molecule has 2 rings (SSSR count). The molecule has 0 amide bonds. The maximum absolute atomic E-state index is 10.8. The number of nitrogens with zero attached hydrogens (tertiary/aromatic N) is 2. The van der Waals surface area contributed by atoms with E-state index in [1.54, 1.807) is 6.08 Å². The molecule has 0 saturated carbocycles. The van der Waals surface area contributed by atoms with Crippen molar-refractivity contribution in [1.82, 2.24) is 14.8 Å². The molecule has 6 heteroatoms. The van der Waals surface area contributed by atoms with E-state index in [1.165, 1.54) is 4.57 Å². The number of carboxylic acid groups (broad SMARTS) is 1. The third-order valence-corrected chi connectivity index (χ3v) is 2.77. The fourth-order valence-corrected chi connectivity index (χ4v) is 1.78. The number of nitrogens with one attached hydrogen (secondary N) is 1. The van der Waals surface area contributed by atoms with E-state index in [4.69, 9.17) is 17.3 Å². The number of carboxylic acids is 1. The lowest BCUT2D eigenvalue weighted by Gasteiger charge is -2.04. The van der Waals surface area contributed by atoms with Crippen LogP contribution in [0.4, 0.5) is 0 Å². The lowest BCUT2D eigenvalue weighted by Crippen LogP contribution is -2.10. The van der Waals surface area contributed by atoms with Gasteiger partial charge in [0.25, 0.3) is 0 Å². The summed E-state index contributed by atoms with van der Waals surface area (Å²) in [6.45, 7) is 3.46. The third-order valence-electron chi connectivity index (χ3n) is 2.46. The minimum atomic E-state index is -0.962. The third kappa shape index (κ3) is 2.38. The van der Waals surface area contributed by atoms with E-state index in [2.05, 4.69) is 16.8 Å². The van der Waals surface area contributed by atoms with Crippen molar-refractivity contribution in [3.05, 3.63) is 41.2 Å². The van der Waals surface area contributed by atoms with Gasteiger partial charge < -0.3 is 5.11 Å². The summed E-state index contributed by atoms with van der Waals surface area (Å²) >= 11 is 5.01. The van der Waals surface area contributed by atoms with Crippen LogP contribution in [0.5, 0.6) is 0 Å². The quantitative estimate of drug-likeness (QED) is 0.829. The number of rotatable bonds is 4. The van der Waals surface area contributed by atoms with Crippen molar-refractivity contribution in [3.63, 3.8) is 0 Å². The average molecular weight is 261 g/mol. The van der Waals surface area contributed by atoms with E-state index >= 15 is 0 Å². The molecule has 92 valence electrons. The number of carbonyl (C=O) groups is 1. The molecule has 0 spiro atoms. The van der Waals surface area contributed by atoms with Crippen molar-refractivity contribution in [1.29, 1.82) is 0 Å². The summed E-state index contributed by atoms with van der Waals surface area (Å²) in [5.41, 5.74) is 1.78. The molecular weight excluding hydrogens is 250 g/mol. The maximum Gasteiger partial charge on any atom is 0.323 e. The van der Waals surface area contributed by atoms with Crippen molar-refractivity contribution < 1.29 is 9.90 Å². The predicted molar refractivity (Wildman–Crippen MR) is 70.6 cm³/mol. The van der Waals surface area contributed by atoms with Crippen LogP contribution in [0.15, 0.2) is 30.8 Å². The summed E-state index contributed by atoms with van der Waals surface area (Å²) < 4.78 is 1.74. The van der Waals surface area contributed by atoms with Crippen molar-refractivity contribution in [2.24, 2.45) is 0 Å². The molecule has 2 N–H and O–H groups in total. The van der Waals surface area contributed by atoms with Crippen LogP contribution in [0, 0.1) is 4.77 Å². The molecule has 5 nitrogen and oxygen atoms in total. The van der Waals surface area contributed by atoms with E-state index in [0.29, 0.717) is 10.6 Å². The molecule has 1 aromatic heterocycles. The molecule has 18 heavy (non-hydrogen) atoms. The van der Waals surface area contributed by atoms with Crippen molar-refractivity contribution in [2.45, 2.75) is 6.54 Å². The second-order valence-electron chi connectivity index (χ2n) is 3.66. The van der Waals surface area contributed by atoms with Crippen LogP contribution in [0.2, 0.25) is 0 Å². The molecule has 0 aliphatic heterocycles. The molecule has 0 bridgehead atoms. The minimum Gasteiger partial charge on any atom is -0.480 e. The van der Waals surface area contributed by atoms with E-state index in [0.717, 1.165) is 11.1 Å². The Morgan fingerprint density at radius 1 is 1.50 bits per heavy atom. The molecule has 0 aliphatic rings. The average Bonchev–Trinajstić information content (AvgIpc) is 2.71. The summed E-state index contributed by atoms with van der Waals surface area (Å²) in [5.74, 6) is -0.450. The topological polar surface area (TPSA) is 70.9 Å². The van der Waals surface area contributed by atoms with Crippen LogP contribution in [-0.2, 0) is 11.3 Å². The fourth-order valence-electron chi connectivity index (χ4n) is 1.59. The zero-order valence-corrected chi connectivity index (χ0v) is 10.3. The van der Waals surface area contributed by atoms with Gasteiger partial charge in [-0.25, -0.2) is 0 Å². The molecule has 0 atom stereocenters. The molecule has 0 radical (unpaired) electrons. The summed E-state index contributed by atoms with van der Waals surface area (Å²) in [6, 6.07) is 7.46. The molecule has 2 aromatic rings. The monoisotopic (exact) mass is 261 g/mol. The Bertz CT molecular complexity index is 640. The van der Waals surface area contributed by atoms with Gasteiger partial charge in [0.05, 0.1) is 0 Å². The number of aromatic amines is 1. The van der Waals surface area contributed by atoms with Gasteiger partial charge in [0.2, 0.25) is 0 Å². The van der Waals surface area contributed by atoms with Crippen LogP contribution < -0.4 is 0 Å². The molecule has 0 fully saturated rings. The van der Waals surface area contributed by atoms with E-state index in [-0.39, 0.29) is 6.54 Å². The van der Waals surface area contributed by atoms with Gasteiger partial charge in [0, 0.05) is 5.56 Å². The van der Waals surface area contributed by atoms with Gasteiger partial charge in [0.15, 0.2) is 10.6 Å². The highest BCUT2D eigenvalue weighted by Gasteiger charge is 2.11. The van der Waals surface area contributed by atoms with Crippen molar-refractivity contribution in [2.75, 3.05) is 0 Å². The minimum absolute atomic E-state index is 0.214. The first-order valence-corrected chi connectivity index (χ1v) is 5.62. The summed E-state index contributed by atoms with van der Waals surface area (Å²) in [4.78, 5) is 10.8. The second kappa shape index (κ2) is 4.97. The highest BCUT2D eigenvalue weighted by molar-refractivity contribution is 7.71. The van der Waals surface area contributed by atoms with Gasteiger partial charge >= 0.3 is 5.97 Å². The molecule has 1 aromatic carbocycles. The summed E-state index contributed by atoms with van der Waals surface area (Å²) in [5, 5.41) is 15.5. The Hall–Kier alpha value is -2.21. The SMILES string of the molecule is C=Cc1ccc(-c2n[nH]c(=S)n2CC(=O)O)cc1. The Labute approximate surface area is 108 Å². The lowest BCUT2D eigenvalue weighted by atomic mass is 10.1. The summed E-state index contributed by atoms with van der Waals surface area (Å²) in [6.07, 6.45) is 1.73. The summed E-state index contributed by atoms with van der Waals surface area (Å²) in [7, 11) is 0. The van der Waals surface area contributed by atoms with Gasteiger partial charge in [-0.2, -0.15) is 5.10 Å². The smallest absolute Gasteiger partial charge is 0.323 e. The second-order valence-corrected chi connectivity index (χ2v) is 4.05. The van der Waals surface area contributed by atoms with Crippen LogP contribution in [-0.4, -0.2) is 25.8 Å². The normalized spacial score (nSPS) is 10.2. The van der Waals surface area contributed by atoms with Crippen molar-refractivity contribution >= 4 is 24.3 Å². The number of aliphatic carboxylic acids is 1. The largest absolute Gasteiger partial charge is 0.480 e. The van der Waals surface area contributed by atoms with E-state index in [1.807, 2.05) is 24.3 Å². The standard InChI is InChI=1S/C12H11N3O2S/c1-2-8-3-5-9(6-4-8)11-13-14-12(18)15(11)7-10(16)17/h2-6H,1,7H2,(H,14,18)(H,16,17). The predicted octanol–water partition coefficient (Wildman–Crippen LogP) is 2.34. The van der Waals surface area contributed by atoms with Gasteiger partial charge in [0.1, 0.15) is 6.54 Å². The van der Waals surface area contributed by atoms with Crippen LogP contribution >= 0.6 is 12.2 Å². The van der Waals surface area contributed by atoms with Crippen LogP contribution in [0.1, 0.15) is 5.56 Å². The number of hydrogen-bond donors (Lipinski definition) is 2. The highest BCUT2D eigenvalue weighted by atomic mass is 32.1. The Kier molecular flexibility index (Phi) is 3.38. The zero-order valence-electron chi connectivity index (χ0n) is 9.46. The highest BCUT2D eigenvalue weighted by Crippen LogP contribution is 2.18.